The molecule has 0 aliphatic rings. The largest absolute Gasteiger partial charge is 0.326 e. The first kappa shape index (κ1) is 14.6. The van der Waals surface area contributed by atoms with Gasteiger partial charge in [-0.05, 0) is 24.3 Å². The van der Waals surface area contributed by atoms with Gasteiger partial charge in [0, 0.05) is 18.0 Å². The van der Waals surface area contributed by atoms with Crippen molar-refractivity contribution in [3.05, 3.63) is 15.8 Å². The minimum Gasteiger partial charge on any atom is -0.326 e. The molecule has 0 aliphatic carbocycles. The van der Waals surface area contributed by atoms with Gasteiger partial charge in [-0.15, -0.1) is 11.3 Å². The minimum atomic E-state index is -3.39. The fraction of sp³-hybridized carbons (Fsp3) is 0.636. The zero-order valence-corrected chi connectivity index (χ0v) is 12.0. The number of unbranched alkanes of at least 4 members (excludes halogenated alkanes) is 2. The smallest absolute Gasteiger partial charge is 0.241 e. The van der Waals surface area contributed by atoms with E-state index in [2.05, 4.69) is 11.6 Å². The summed E-state index contributed by atoms with van der Waals surface area (Å²) in [5.74, 6) is 0. The summed E-state index contributed by atoms with van der Waals surface area (Å²) in [5.41, 5.74) is 6.33. The molecule has 0 aliphatic heterocycles. The second-order valence-electron chi connectivity index (χ2n) is 3.98. The van der Waals surface area contributed by atoms with Crippen molar-refractivity contribution in [2.24, 2.45) is 5.73 Å². The second kappa shape index (κ2) is 6.49. The third kappa shape index (κ3) is 3.77. The summed E-state index contributed by atoms with van der Waals surface area (Å²) < 4.78 is 26.8. The number of aryl methyl sites for hydroxylation is 1. The zero-order chi connectivity index (χ0) is 12.9. The van der Waals surface area contributed by atoms with E-state index >= 15 is 0 Å². The van der Waals surface area contributed by atoms with Crippen molar-refractivity contribution in [1.82, 2.24) is 4.72 Å². The molecule has 17 heavy (non-hydrogen) atoms. The third-order valence-electron chi connectivity index (χ3n) is 2.52. The number of sulfonamides is 1. The highest BCUT2D eigenvalue weighted by atomic mass is 32.2. The zero-order valence-electron chi connectivity index (χ0n) is 10.3. The Labute approximate surface area is 107 Å². The summed E-state index contributed by atoms with van der Waals surface area (Å²) in [7, 11) is -3.39. The Morgan fingerprint density at radius 2 is 2.12 bits per heavy atom. The maximum absolute atomic E-state index is 12.1. The van der Waals surface area contributed by atoms with Crippen LogP contribution in [0.15, 0.2) is 10.3 Å². The molecule has 0 unspecified atom stereocenters. The first-order valence-corrected chi connectivity index (χ1v) is 8.16. The second-order valence-corrected chi connectivity index (χ2v) is 6.65. The number of nitrogens with one attached hydrogen (secondary N) is 1. The molecule has 98 valence electrons. The molecule has 0 amide bonds. The van der Waals surface area contributed by atoms with Crippen molar-refractivity contribution in [1.29, 1.82) is 0 Å². The van der Waals surface area contributed by atoms with Crippen LogP contribution >= 0.6 is 11.3 Å². The van der Waals surface area contributed by atoms with Gasteiger partial charge in [0.15, 0.2) is 0 Å². The fourth-order valence-corrected chi connectivity index (χ4v) is 4.42. The summed E-state index contributed by atoms with van der Waals surface area (Å²) in [5, 5.41) is 1.84. The van der Waals surface area contributed by atoms with Crippen LogP contribution in [0.1, 0.15) is 36.6 Å². The molecule has 1 aromatic rings. The molecular formula is C11H20N2O2S2. The quantitative estimate of drug-likeness (QED) is 0.748. The lowest BCUT2D eigenvalue weighted by Gasteiger charge is -2.08. The average Bonchev–Trinajstić information content (AvgIpc) is 2.66. The van der Waals surface area contributed by atoms with E-state index in [1.54, 1.807) is 6.92 Å². The Morgan fingerprint density at radius 1 is 1.41 bits per heavy atom. The molecule has 0 radical (unpaired) electrons. The van der Waals surface area contributed by atoms with E-state index in [1.807, 2.05) is 5.38 Å². The molecule has 0 saturated carbocycles. The van der Waals surface area contributed by atoms with Gasteiger partial charge >= 0.3 is 0 Å². The first-order chi connectivity index (χ1) is 8.03. The van der Waals surface area contributed by atoms with Crippen molar-refractivity contribution >= 4 is 21.4 Å². The van der Waals surface area contributed by atoms with Crippen LogP contribution in [0.4, 0.5) is 0 Å². The molecular weight excluding hydrogens is 256 g/mol. The van der Waals surface area contributed by atoms with Crippen LogP contribution in [0, 0.1) is 6.92 Å². The topological polar surface area (TPSA) is 72.2 Å². The summed E-state index contributed by atoms with van der Waals surface area (Å²) in [4.78, 5) is 1.10. The predicted molar refractivity (Wildman–Crippen MR) is 71.7 cm³/mol. The molecule has 0 spiro atoms. The van der Waals surface area contributed by atoms with Crippen molar-refractivity contribution in [2.75, 3.05) is 6.54 Å². The molecule has 1 aromatic heterocycles. The lowest BCUT2D eigenvalue weighted by atomic mass is 10.3. The summed E-state index contributed by atoms with van der Waals surface area (Å²) in [6, 6.07) is 0. The first-order valence-electron chi connectivity index (χ1n) is 5.79. The predicted octanol–water partition coefficient (Wildman–Crippen LogP) is 1.98. The lowest BCUT2D eigenvalue weighted by molar-refractivity contribution is 0.575. The van der Waals surface area contributed by atoms with E-state index < -0.39 is 10.0 Å². The molecule has 1 rings (SSSR count). The average molecular weight is 276 g/mol. The van der Waals surface area contributed by atoms with Crippen molar-refractivity contribution in [3.8, 4) is 0 Å². The Kier molecular flexibility index (Phi) is 5.58. The molecule has 0 aromatic carbocycles. The normalized spacial score (nSPS) is 11.9. The molecule has 0 atom stereocenters. The monoisotopic (exact) mass is 276 g/mol. The highest BCUT2D eigenvalue weighted by Gasteiger charge is 2.21. The van der Waals surface area contributed by atoms with Gasteiger partial charge in [-0.2, -0.15) is 0 Å². The lowest BCUT2D eigenvalue weighted by Crippen LogP contribution is -2.26. The van der Waals surface area contributed by atoms with Gasteiger partial charge in [0.2, 0.25) is 10.0 Å². The highest BCUT2D eigenvalue weighted by Crippen LogP contribution is 2.26. The van der Waals surface area contributed by atoms with E-state index in [9.17, 15) is 8.42 Å². The van der Waals surface area contributed by atoms with Crippen LogP contribution in [0.3, 0.4) is 0 Å². The van der Waals surface area contributed by atoms with E-state index in [-0.39, 0.29) is 6.54 Å². The van der Waals surface area contributed by atoms with Crippen LogP contribution < -0.4 is 10.5 Å². The van der Waals surface area contributed by atoms with Crippen LogP contribution in [0.25, 0.3) is 0 Å². The fourth-order valence-electron chi connectivity index (χ4n) is 1.64. The number of nitrogens with two attached hydrogens (primary N) is 1. The van der Waals surface area contributed by atoms with Gasteiger partial charge in [0.1, 0.15) is 4.90 Å². The van der Waals surface area contributed by atoms with Crippen molar-refractivity contribution < 1.29 is 8.42 Å². The molecule has 0 bridgehead atoms. The van der Waals surface area contributed by atoms with E-state index in [0.29, 0.717) is 11.4 Å². The standard InChI is InChI=1S/C11H20N2O2S2/c1-3-4-5-6-13-17(14,15)11-9(2)8-16-10(11)7-12/h8,13H,3-7,12H2,1-2H3. The minimum absolute atomic E-state index is 0.268. The Morgan fingerprint density at radius 3 is 2.71 bits per heavy atom. The van der Waals surface area contributed by atoms with Crippen molar-refractivity contribution in [3.63, 3.8) is 0 Å². The van der Waals surface area contributed by atoms with Crippen LogP contribution in [-0.4, -0.2) is 15.0 Å². The van der Waals surface area contributed by atoms with Crippen LogP contribution in [0.5, 0.6) is 0 Å². The number of hydrogen-bond donors (Lipinski definition) is 2. The molecule has 6 heteroatoms. The van der Waals surface area contributed by atoms with Gasteiger partial charge in [0.05, 0.1) is 0 Å². The Bertz CT molecular complexity index is 452. The highest BCUT2D eigenvalue weighted by molar-refractivity contribution is 7.89. The maximum Gasteiger partial charge on any atom is 0.241 e. The maximum atomic E-state index is 12.1. The summed E-state index contributed by atoms with van der Waals surface area (Å²) >= 11 is 1.40. The SMILES string of the molecule is CCCCCNS(=O)(=O)c1c(C)csc1CN. The summed E-state index contributed by atoms with van der Waals surface area (Å²) in [6.07, 6.45) is 2.99. The van der Waals surface area contributed by atoms with Crippen LogP contribution in [0.2, 0.25) is 0 Å². The molecule has 1 heterocycles. The molecule has 3 N–H and O–H groups in total. The number of hydrogen-bond acceptors (Lipinski definition) is 4. The van der Waals surface area contributed by atoms with Gasteiger partial charge in [-0.3, -0.25) is 0 Å². The van der Waals surface area contributed by atoms with E-state index in [4.69, 9.17) is 5.73 Å². The third-order valence-corrected chi connectivity index (χ3v) is 5.46. The van der Waals surface area contributed by atoms with E-state index in [0.717, 1.165) is 29.7 Å². The molecule has 4 nitrogen and oxygen atoms in total. The molecule has 0 saturated heterocycles. The Balaban J connectivity index is 2.78. The van der Waals surface area contributed by atoms with Crippen molar-refractivity contribution in [2.45, 2.75) is 44.6 Å². The molecule has 0 fully saturated rings. The van der Waals surface area contributed by atoms with Gasteiger partial charge < -0.3 is 5.73 Å². The van der Waals surface area contributed by atoms with Crippen LogP contribution in [-0.2, 0) is 16.6 Å². The van der Waals surface area contributed by atoms with E-state index in [1.165, 1.54) is 11.3 Å². The Hall–Kier alpha value is -0.430. The van der Waals surface area contributed by atoms with Gasteiger partial charge in [-0.25, -0.2) is 13.1 Å². The number of rotatable bonds is 7. The van der Waals surface area contributed by atoms with Gasteiger partial charge in [0.25, 0.3) is 0 Å². The summed E-state index contributed by atoms with van der Waals surface area (Å²) in [6.45, 7) is 4.65. The van der Waals surface area contributed by atoms with Gasteiger partial charge in [-0.1, -0.05) is 19.8 Å². The number of thiophene rings is 1.